The fraction of sp³-hybridized carbons (Fsp3) is 0.444. The van der Waals surface area contributed by atoms with Gasteiger partial charge in [0.05, 0.1) is 21.3 Å². The van der Waals surface area contributed by atoms with E-state index in [4.69, 9.17) is 10.8 Å². The van der Waals surface area contributed by atoms with E-state index < -0.39 is 17.1 Å². The zero-order valence-electron chi connectivity index (χ0n) is 8.87. The van der Waals surface area contributed by atoms with Crippen molar-refractivity contribution in [1.29, 1.82) is 0 Å². The summed E-state index contributed by atoms with van der Waals surface area (Å²) in [7, 11) is 0. The molecule has 0 spiro atoms. The van der Waals surface area contributed by atoms with E-state index in [-0.39, 0.29) is 17.0 Å². The molecule has 2 amide bonds. The molecule has 0 aromatic heterocycles. The van der Waals surface area contributed by atoms with Crippen molar-refractivity contribution in [2.24, 2.45) is 5.73 Å². The monoisotopic (exact) mass is 274 g/mol. The number of hydrogen-bond donors (Lipinski definition) is 2. The van der Waals surface area contributed by atoms with Crippen molar-refractivity contribution in [1.82, 2.24) is 4.90 Å². The SMILES string of the molecule is CC(SC1=C(C(=O)O)N2C(=O)C[C@H]2S1)C(N)=O. The first-order valence-electron chi connectivity index (χ1n) is 4.84. The fourth-order valence-corrected chi connectivity index (χ4v) is 4.34. The summed E-state index contributed by atoms with van der Waals surface area (Å²) < 4.78 is 0.486. The minimum absolute atomic E-state index is 0.0191. The highest BCUT2D eigenvalue weighted by Crippen LogP contribution is 2.51. The zero-order valence-corrected chi connectivity index (χ0v) is 10.5. The number of thioether (sulfide) groups is 2. The molecule has 1 fully saturated rings. The van der Waals surface area contributed by atoms with Crippen molar-refractivity contribution in [3.63, 3.8) is 0 Å². The van der Waals surface area contributed by atoms with Crippen molar-refractivity contribution in [3.05, 3.63) is 9.93 Å². The number of nitrogens with two attached hydrogens (primary N) is 1. The van der Waals surface area contributed by atoms with E-state index in [1.807, 2.05) is 0 Å². The average molecular weight is 274 g/mol. The molecule has 2 atom stereocenters. The first-order chi connectivity index (χ1) is 7.91. The van der Waals surface area contributed by atoms with E-state index in [1.165, 1.54) is 16.7 Å². The van der Waals surface area contributed by atoms with Gasteiger partial charge in [0.15, 0.2) is 5.70 Å². The van der Waals surface area contributed by atoms with Gasteiger partial charge in [-0.15, -0.1) is 11.8 Å². The van der Waals surface area contributed by atoms with Gasteiger partial charge < -0.3 is 10.8 Å². The first-order valence-corrected chi connectivity index (χ1v) is 6.60. The first kappa shape index (κ1) is 12.3. The van der Waals surface area contributed by atoms with Gasteiger partial charge in [-0.25, -0.2) is 4.79 Å². The quantitative estimate of drug-likeness (QED) is 0.708. The molecule has 8 heteroatoms. The normalized spacial score (nSPS) is 24.4. The molecule has 1 saturated heterocycles. The summed E-state index contributed by atoms with van der Waals surface area (Å²) in [6.07, 6.45) is 0.344. The molecule has 92 valence electrons. The van der Waals surface area contributed by atoms with Crippen LogP contribution in [-0.2, 0) is 14.4 Å². The Morgan fingerprint density at radius 2 is 2.29 bits per heavy atom. The highest BCUT2D eigenvalue weighted by molar-refractivity contribution is 8.23. The molecule has 2 rings (SSSR count). The van der Waals surface area contributed by atoms with Gasteiger partial charge in [0.2, 0.25) is 11.8 Å². The number of amides is 2. The molecule has 1 unspecified atom stereocenters. The Morgan fingerprint density at radius 1 is 1.65 bits per heavy atom. The standard InChI is InChI=1S/C9H10N2O4S2/c1-3(7(10)13)16-9-6(8(14)15)11-4(12)2-5(11)17-9/h3,5H,2H2,1H3,(H2,10,13)(H,14,15)/t3?,5-/m1/s1. The van der Waals surface area contributed by atoms with Gasteiger partial charge in [-0.3, -0.25) is 14.5 Å². The molecule has 0 saturated carbocycles. The number of aliphatic carboxylic acids is 1. The van der Waals surface area contributed by atoms with Crippen LogP contribution in [0, 0.1) is 0 Å². The number of nitrogens with zero attached hydrogens (tertiary/aromatic N) is 1. The van der Waals surface area contributed by atoms with Crippen LogP contribution in [0.5, 0.6) is 0 Å². The lowest BCUT2D eigenvalue weighted by atomic mass is 10.2. The van der Waals surface area contributed by atoms with Gasteiger partial charge >= 0.3 is 5.97 Å². The van der Waals surface area contributed by atoms with Crippen molar-refractivity contribution in [2.75, 3.05) is 0 Å². The molecule has 0 aromatic carbocycles. The van der Waals surface area contributed by atoms with Gasteiger partial charge in [0.1, 0.15) is 0 Å². The van der Waals surface area contributed by atoms with Crippen molar-refractivity contribution < 1.29 is 19.5 Å². The summed E-state index contributed by atoms with van der Waals surface area (Å²) in [5.74, 6) is -1.84. The number of rotatable bonds is 4. The largest absolute Gasteiger partial charge is 0.477 e. The Kier molecular flexibility index (Phi) is 3.09. The average Bonchev–Trinajstić information content (AvgIpc) is 2.51. The van der Waals surface area contributed by atoms with Crippen LogP contribution in [0.2, 0.25) is 0 Å². The van der Waals surface area contributed by atoms with Crippen LogP contribution in [0.1, 0.15) is 13.3 Å². The van der Waals surface area contributed by atoms with E-state index in [0.717, 1.165) is 11.8 Å². The van der Waals surface area contributed by atoms with Crippen molar-refractivity contribution in [2.45, 2.75) is 24.0 Å². The number of carboxylic acid groups (broad SMARTS) is 1. The van der Waals surface area contributed by atoms with Crippen LogP contribution in [0.3, 0.4) is 0 Å². The summed E-state index contributed by atoms with van der Waals surface area (Å²) in [6.45, 7) is 1.61. The van der Waals surface area contributed by atoms with Gasteiger partial charge in [0, 0.05) is 0 Å². The number of fused-ring (bicyclic) bond motifs is 1. The van der Waals surface area contributed by atoms with Crippen LogP contribution >= 0.6 is 23.5 Å². The van der Waals surface area contributed by atoms with Gasteiger partial charge in [-0.2, -0.15) is 0 Å². The maximum Gasteiger partial charge on any atom is 0.354 e. The van der Waals surface area contributed by atoms with Crippen LogP contribution < -0.4 is 5.73 Å². The Labute approximate surface area is 106 Å². The molecule has 3 N–H and O–H groups in total. The number of hydrogen-bond acceptors (Lipinski definition) is 5. The topological polar surface area (TPSA) is 101 Å². The van der Waals surface area contributed by atoms with Gasteiger partial charge in [-0.05, 0) is 6.92 Å². The molecule has 2 aliphatic rings. The van der Waals surface area contributed by atoms with Gasteiger partial charge in [0.25, 0.3) is 0 Å². The second kappa shape index (κ2) is 4.26. The van der Waals surface area contributed by atoms with Crippen LogP contribution in [0.15, 0.2) is 9.93 Å². The molecule has 17 heavy (non-hydrogen) atoms. The molecule has 2 aliphatic heterocycles. The molecule has 0 bridgehead atoms. The van der Waals surface area contributed by atoms with E-state index in [0.29, 0.717) is 10.7 Å². The van der Waals surface area contributed by atoms with Crippen molar-refractivity contribution in [3.8, 4) is 0 Å². The van der Waals surface area contributed by atoms with E-state index in [1.54, 1.807) is 6.92 Å². The molecule has 0 aromatic rings. The van der Waals surface area contributed by atoms with E-state index >= 15 is 0 Å². The Morgan fingerprint density at radius 3 is 2.76 bits per heavy atom. The fourth-order valence-electron chi connectivity index (χ4n) is 1.52. The third-order valence-electron chi connectivity index (χ3n) is 2.47. The molecule has 0 radical (unpaired) electrons. The third kappa shape index (κ3) is 2.02. The number of β-lactam (4-membered cyclic amide) rings is 1. The van der Waals surface area contributed by atoms with Crippen LogP contribution in [0.4, 0.5) is 0 Å². The molecule has 6 nitrogen and oxygen atoms in total. The molecule has 0 aliphatic carbocycles. The summed E-state index contributed by atoms with van der Waals surface area (Å²) in [6, 6.07) is 0. The Bertz CT molecular complexity index is 448. The maximum atomic E-state index is 11.3. The zero-order chi connectivity index (χ0) is 12.7. The second-order valence-electron chi connectivity index (χ2n) is 3.64. The Balaban J connectivity index is 2.23. The summed E-state index contributed by atoms with van der Waals surface area (Å²) >= 11 is 2.40. The van der Waals surface area contributed by atoms with Crippen LogP contribution in [0.25, 0.3) is 0 Å². The number of carbonyl (C=O) groups excluding carboxylic acids is 2. The summed E-state index contributed by atoms with van der Waals surface area (Å²) in [5, 5.41) is 8.44. The smallest absolute Gasteiger partial charge is 0.354 e. The summed E-state index contributed by atoms with van der Waals surface area (Å²) in [5.41, 5.74) is 5.11. The molecule has 2 heterocycles. The second-order valence-corrected chi connectivity index (χ2v) is 6.44. The lowest BCUT2D eigenvalue weighted by Gasteiger charge is -2.33. The Hall–Kier alpha value is -1.15. The van der Waals surface area contributed by atoms with Crippen molar-refractivity contribution >= 4 is 41.3 Å². The summed E-state index contributed by atoms with van der Waals surface area (Å²) in [4.78, 5) is 34.6. The molecular weight excluding hydrogens is 264 g/mol. The predicted octanol–water partition coefficient (Wildman–Crippen LogP) is 0.152. The highest BCUT2D eigenvalue weighted by atomic mass is 32.2. The number of carbonyl (C=O) groups is 3. The highest BCUT2D eigenvalue weighted by Gasteiger charge is 2.48. The minimum atomic E-state index is -1.15. The molecular formula is C9H10N2O4S2. The van der Waals surface area contributed by atoms with Crippen LogP contribution in [-0.4, -0.2) is 38.4 Å². The minimum Gasteiger partial charge on any atom is -0.477 e. The van der Waals surface area contributed by atoms with E-state index in [9.17, 15) is 14.4 Å². The third-order valence-corrected chi connectivity index (χ3v) is 5.10. The lowest BCUT2D eigenvalue weighted by molar-refractivity contribution is -0.145. The predicted molar refractivity (Wildman–Crippen MR) is 63.8 cm³/mol. The lowest BCUT2D eigenvalue weighted by Crippen LogP contribution is -2.48. The number of carboxylic acids is 1. The van der Waals surface area contributed by atoms with Gasteiger partial charge in [-0.1, -0.05) is 11.8 Å². The maximum absolute atomic E-state index is 11.3. The number of primary amides is 1. The van der Waals surface area contributed by atoms with E-state index in [2.05, 4.69) is 0 Å².